The zero-order chi connectivity index (χ0) is 22.8. The molecule has 0 bridgehead atoms. The van der Waals surface area contributed by atoms with Crippen LogP contribution in [-0.4, -0.2) is 53.6 Å². The number of benzene rings is 1. The maximum atomic E-state index is 12.9. The fraction of sp³-hybridized carbons (Fsp3) is 0.609. The highest BCUT2D eigenvalue weighted by atomic mass is 16.6. The molecule has 0 radical (unpaired) electrons. The number of rotatable bonds is 5. The third-order valence-corrected chi connectivity index (χ3v) is 5.85. The quantitative estimate of drug-likeness (QED) is 0.747. The van der Waals surface area contributed by atoms with Gasteiger partial charge in [0.25, 0.3) is 0 Å². The van der Waals surface area contributed by atoms with E-state index < -0.39 is 17.7 Å². The van der Waals surface area contributed by atoms with Crippen molar-refractivity contribution in [1.29, 1.82) is 0 Å². The predicted molar refractivity (Wildman–Crippen MR) is 119 cm³/mol. The molecule has 31 heavy (non-hydrogen) atoms. The van der Waals surface area contributed by atoms with Crippen molar-refractivity contribution in [3.63, 3.8) is 0 Å². The smallest absolute Gasteiger partial charge is 0.410 e. The number of amides is 3. The summed E-state index contributed by atoms with van der Waals surface area (Å²) in [7, 11) is 0. The molecule has 3 rings (SSSR count). The van der Waals surface area contributed by atoms with Gasteiger partial charge in [-0.25, -0.2) is 4.79 Å². The van der Waals surface area contributed by atoms with Crippen LogP contribution in [-0.2, 0) is 14.3 Å². The molecule has 2 fully saturated rings. The van der Waals surface area contributed by atoms with Gasteiger partial charge in [0.1, 0.15) is 17.7 Å². The first-order valence-electron chi connectivity index (χ1n) is 11.0. The number of nitrogens with zero attached hydrogens (tertiary/aromatic N) is 2. The van der Waals surface area contributed by atoms with Gasteiger partial charge in [0.15, 0.2) is 0 Å². The Morgan fingerprint density at radius 3 is 2.29 bits per heavy atom. The van der Waals surface area contributed by atoms with E-state index in [-0.39, 0.29) is 23.9 Å². The highest BCUT2D eigenvalue weighted by Crippen LogP contribution is 2.27. The highest BCUT2D eigenvalue weighted by Gasteiger charge is 2.37. The van der Waals surface area contributed by atoms with E-state index in [1.807, 2.05) is 56.9 Å². The first kappa shape index (κ1) is 22.9. The highest BCUT2D eigenvalue weighted by molar-refractivity contribution is 5.86. The number of nitrogens with one attached hydrogen (secondary N) is 1. The molecule has 0 aliphatic carbocycles. The van der Waals surface area contributed by atoms with Gasteiger partial charge in [-0.15, -0.1) is 0 Å². The number of hydrogen-bond acceptors (Lipinski definition) is 5. The van der Waals surface area contributed by atoms with E-state index in [9.17, 15) is 14.4 Å². The maximum Gasteiger partial charge on any atom is 0.410 e. The lowest BCUT2D eigenvalue weighted by atomic mass is 10.1. The molecule has 2 heterocycles. The Kier molecular flexibility index (Phi) is 6.77. The van der Waals surface area contributed by atoms with Gasteiger partial charge < -0.3 is 20.7 Å². The van der Waals surface area contributed by atoms with Crippen molar-refractivity contribution in [2.75, 3.05) is 18.0 Å². The molecule has 8 heteroatoms. The zero-order valence-electron chi connectivity index (χ0n) is 18.9. The van der Waals surface area contributed by atoms with Crippen LogP contribution in [0.1, 0.15) is 65.0 Å². The van der Waals surface area contributed by atoms with Crippen LogP contribution in [0.4, 0.5) is 10.5 Å². The summed E-state index contributed by atoms with van der Waals surface area (Å²) in [4.78, 5) is 40.5. The van der Waals surface area contributed by atoms with Crippen LogP contribution in [0.5, 0.6) is 0 Å². The Balaban J connectivity index is 1.61. The monoisotopic (exact) mass is 430 g/mol. The second-order valence-electron chi connectivity index (χ2n) is 9.41. The standard InChI is InChI=1S/C23H34N4O4/c1-15(16-9-11-17(12-10-16)26-13-5-7-18(26)20(24)28)25-21(29)19-8-6-14-27(19)22(30)31-23(2,3)4/h9-12,15,18-19H,5-8,13-14H2,1-4H3,(H2,24,28)(H,25,29). The number of carbonyl (C=O) groups excluding carboxylic acids is 3. The number of primary amides is 1. The molecule has 3 amide bonds. The lowest BCUT2D eigenvalue weighted by Gasteiger charge is -2.29. The molecule has 3 atom stereocenters. The summed E-state index contributed by atoms with van der Waals surface area (Å²) in [6, 6.07) is 6.84. The average Bonchev–Trinajstić information content (AvgIpc) is 3.36. The van der Waals surface area contributed by atoms with Gasteiger partial charge in [-0.3, -0.25) is 14.5 Å². The number of hydrogen-bond donors (Lipinski definition) is 2. The Bertz CT molecular complexity index is 818. The Morgan fingerprint density at radius 2 is 1.68 bits per heavy atom. The summed E-state index contributed by atoms with van der Waals surface area (Å²) in [5, 5.41) is 3.03. The van der Waals surface area contributed by atoms with Crippen LogP contribution in [0.3, 0.4) is 0 Å². The molecule has 1 aromatic carbocycles. The van der Waals surface area contributed by atoms with E-state index in [2.05, 4.69) is 5.32 Å². The number of likely N-dealkylation sites (tertiary alicyclic amines) is 1. The number of carbonyl (C=O) groups is 3. The molecule has 170 valence electrons. The summed E-state index contributed by atoms with van der Waals surface area (Å²) in [5.41, 5.74) is 6.83. The number of ether oxygens (including phenoxy) is 1. The molecule has 8 nitrogen and oxygen atoms in total. The fourth-order valence-electron chi connectivity index (χ4n) is 4.30. The summed E-state index contributed by atoms with van der Waals surface area (Å²) in [6.45, 7) is 8.69. The van der Waals surface area contributed by atoms with Gasteiger partial charge >= 0.3 is 6.09 Å². The van der Waals surface area contributed by atoms with Crippen molar-refractivity contribution in [3.05, 3.63) is 29.8 Å². The molecular weight excluding hydrogens is 396 g/mol. The van der Waals surface area contributed by atoms with Crippen molar-refractivity contribution in [3.8, 4) is 0 Å². The number of nitrogens with two attached hydrogens (primary N) is 1. The lowest BCUT2D eigenvalue weighted by Crippen LogP contribution is -2.48. The fourth-order valence-corrected chi connectivity index (χ4v) is 4.30. The molecule has 2 saturated heterocycles. The van der Waals surface area contributed by atoms with Gasteiger partial charge in [0.2, 0.25) is 11.8 Å². The van der Waals surface area contributed by atoms with E-state index in [4.69, 9.17) is 10.5 Å². The lowest BCUT2D eigenvalue weighted by molar-refractivity contribution is -0.126. The van der Waals surface area contributed by atoms with Gasteiger partial charge in [-0.1, -0.05) is 12.1 Å². The van der Waals surface area contributed by atoms with Crippen molar-refractivity contribution in [1.82, 2.24) is 10.2 Å². The first-order chi connectivity index (χ1) is 14.6. The van der Waals surface area contributed by atoms with Crippen molar-refractivity contribution >= 4 is 23.6 Å². The van der Waals surface area contributed by atoms with E-state index in [1.54, 1.807) is 0 Å². The normalized spacial score (nSPS) is 22.3. The van der Waals surface area contributed by atoms with E-state index in [0.717, 1.165) is 37.1 Å². The summed E-state index contributed by atoms with van der Waals surface area (Å²) in [6.07, 6.45) is 2.67. The van der Waals surface area contributed by atoms with Gasteiger partial charge in [-0.05, 0) is 71.1 Å². The topological polar surface area (TPSA) is 105 Å². The zero-order valence-corrected chi connectivity index (χ0v) is 18.9. The Morgan fingerprint density at radius 1 is 1.06 bits per heavy atom. The SMILES string of the molecule is CC(NC(=O)C1CCCN1C(=O)OC(C)(C)C)c1ccc(N2CCCC2C(N)=O)cc1. The predicted octanol–water partition coefficient (Wildman–Crippen LogP) is 2.72. The van der Waals surface area contributed by atoms with Gasteiger partial charge in [-0.2, -0.15) is 0 Å². The Hall–Kier alpha value is -2.77. The van der Waals surface area contributed by atoms with Crippen molar-refractivity contribution in [2.24, 2.45) is 5.73 Å². The van der Waals surface area contributed by atoms with E-state index in [0.29, 0.717) is 13.0 Å². The minimum Gasteiger partial charge on any atom is -0.444 e. The summed E-state index contributed by atoms with van der Waals surface area (Å²) < 4.78 is 5.45. The van der Waals surface area contributed by atoms with E-state index >= 15 is 0 Å². The minimum atomic E-state index is -0.599. The van der Waals surface area contributed by atoms with Gasteiger partial charge in [0.05, 0.1) is 6.04 Å². The van der Waals surface area contributed by atoms with Crippen molar-refractivity contribution < 1.29 is 19.1 Å². The molecule has 2 aliphatic heterocycles. The molecule has 1 aromatic rings. The Labute approximate surface area is 184 Å². The number of anilines is 1. The summed E-state index contributed by atoms with van der Waals surface area (Å²) >= 11 is 0. The third-order valence-electron chi connectivity index (χ3n) is 5.85. The minimum absolute atomic E-state index is 0.173. The second-order valence-corrected chi connectivity index (χ2v) is 9.41. The maximum absolute atomic E-state index is 12.9. The van der Waals surface area contributed by atoms with Crippen molar-refractivity contribution in [2.45, 2.75) is 77.1 Å². The van der Waals surface area contributed by atoms with Crippen LogP contribution in [0, 0.1) is 0 Å². The third kappa shape index (κ3) is 5.48. The van der Waals surface area contributed by atoms with E-state index in [1.165, 1.54) is 4.90 Å². The van der Waals surface area contributed by atoms with Crippen LogP contribution in [0.25, 0.3) is 0 Å². The molecule has 3 N–H and O–H groups in total. The molecule has 2 aliphatic rings. The molecule has 0 saturated carbocycles. The molecule has 0 aromatic heterocycles. The van der Waals surface area contributed by atoms with Crippen LogP contribution >= 0.6 is 0 Å². The molecule has 3 unspecified atom stereocenters. The summed E-state index contributed by atoms with van der Waals surface area (Å²) in [5.74, 6) is -0.471. The van der Waals surface area contributed by atoms with Gasteiger partial charge in [0, 0.05) is 18.8 Å². The first-order valence-corrected chi connectivity index (χ1v) is 11.0. The average molecular weight is 431 g/mol. The van der Waals surface area contributed by atoms with Crippen LogP contribution in [0.2, 0.25) is 0 Å². The molecular formula is C23H34N4O4. The van der Waals surface area contributed by atoms with Crippen LogP contribution in [0.15, 0.2) is 24.3 Å². The largest absolute Gasteiger partial charge is 0.444 e. The van der Waals surface area contributed by atoms with Crippen LogP contribution < -0.4 is 16.0 Å². The second kappa shape index (κ2) is 9.16. The molecule has 0 spiro atoms.